The van der Waals surface area contributed by atoms with Crippen LogP contribution >= 0.6 is 0 Å². The fourth-order valence-electron chi connectivity index (χ4n) is 2.77. The number of amides is 1. The molecule has 0 radical (unpaired) electrons. The highest BCUT2D eigenvalue weighted by Gasteiger charge is 2.25. The molecule has 1 aromatic rings. The second-order valence-corrected chi connectivity index (χ2v) is 5.07. The van der Waals surface area contributed by atoms with Gasteiger partial charge in [-0.2, -0.15) is 0 Å². The van der Waals surface area contributed by atoms with Gasteiger partial charge in [-0.3, -0.25) is 4.79 Å². The van der Waals surface area contributed by atoms with Crippen LogP contribution in [0.1, 0.15) is 16.7 Å². The van der Waals surface area contributed by atoms with E-state index < -0.39 is 0 Å². The zero-order valence-corrected chi connectivity index (χ0v) is 11.2. The van der Waals surface area contributed by atoms with E-state index in [1.165, 1.54) is 16.7 Å². The number of carbonyl (C=O) groups is 1. The van der Waals surface area contributed by atoms with Gasteiger partial charge in [0.05, 0.1) is 19.2 Å². The van der Waals surface area contributed by atoms with Gasteiger partial charge in [0.2, 0.25) is 5.91 Å². The van der Waals surface area contributed by atoms with Crippen LogP contribution in [0.25, 0.3) is 0 Å². The van der Waals surface area contributed by atoms with Gasteiger partial charge < -0.3 is 15.3 Å². The summed E-state index contributed by atoms with van der Waals surface area (Å²) in [6, 6.07) is 4.08. The minimum atomic E-state index is -0.175. The zero-order chi connectivity index (χ0) is 13.3. The van der Waals surface area contributed by atoms with Gasteiger partial charge >= 0.3 is 0 Å². The number of aryl methyl sites for hydroxylation is 3. The molecule has 1 unspecified atom stereocenters. The standard InChI is InChI=1S/C14H20N2O2/c1-9-4-10(2)14(11(3)5-9)16-6-12(8-17)15-13(18)7-16/h4-5,12,17H,6-8H2,1-3H3,(H,15,18). The third kappa shape index (κ3) is 2.48. The summed E-state index contributed by atoms with van der Waals surface area (Å²) >= 11 is 0. The molecule has 1 saturated heterocycles. The molecule has 2 N–H and O–H groups in total. The lowest BCUT2D eigenvalue weighted by Gasteiger charge is -2.35. The van der Waals surface area contributed by atoms with Crippen LogP contribution < -0.4 is 10.2 Å². The van der Waals surface area contributed by atoms with Crippen LogP contribution in [0, 0.1) is 20.8 Å². The van der Waals surface area contributed by atoms with E-state index in [0.29, 0.717) is 13.1 Å². The Labute approximate surface area is 108 Å². The molecule has 1 aliphatic rings. The number of anilines is 1. The number of rotatable bonds is 2. The van der Waals surface area contributed by atoms with Crippen LogP contribution in [0.3, 0.4) is 0 Å². The predicted octanol–water partition coefficient (Wildman–Crippen LogP) is 0.909. The molecule has 0 aliphatic carbocycles. The minimum absolute atomic E-state index is 0.0216. The van der Waals surface area contributed by atoms with Crippen LogP contribution in [0.5, 0.6) is 0 Å². The van der Waals surface area contributed by atoms with Crippen LogP contribution in [0.2, 0.25) is 0 Å². The normalized spacial score (nSPS) is 19.9. The van der Waals surface area contributed by atoms with Crippen LogP contribution in [0.4, 0.5) is 5.69 Å². The Bertz CT molecular complexity index is 448. The summed E-state index contributed by atoms with van der Waals surface area (Å²) in [4.78, 5) is 13.7. The summed E-state index contributed by atoms with van der Waals surface area (Å²) in [5.74, 6) is -0.0281. The van der Waals surface area contributed by atoms with E-state index in [1.807, 2.05) is 0 Å². The summed E-state index contributed by atoms with van der Waals surface area (Å²) in [7, 11) is 0. The first-order valence-corrected chi connectivity index (χ1v) is 6.24. The number of hydrogen-bond acceptors (Lipinski definition) is 3. The van der Waals surface area contributed by atoms with Gasteiger partial charge in [0.15, 0.2) is 0 Å². The lowest BCUT2D eigenvalue weighted by Crippen LogP contribution is -2.56. The topological polar surface area (TPSA) is 52.6 Å². The Hall–Kier alpha value is -1.55. The lowest BCUT2D eigenvalue weighted by atomic mass is 10.0. The minimum Gasteiger partial charge on any atom is -0.394 e. The number of piperazine rings is 1. The Morgan fingerprint density at radius 2 is 1.94 bits per heavy atom. The third-order valence-corrected chi connectivity index (χ3v) is 3.31. The summed E-state index contributed by atoms with van der Waals surface area (Å²) in [6.07, 6.45) is 0. The van der Waals surface area contributed by atoms with E-state index in [2.05, 4.69) is 43.1 Å². The first-order valence-electron chi connectivity index (χ1n) is 6.24. The van der Waals surface area contributed by atoms with Crippen molar-refractivity contribution in [3.05, 3.63) is 28.8 Å². The van der Waals surface area contributed by atoms with Crippen LogP contribution in [-0.2, 0) is 4.79 Å². The fraction of sp³-hybridized carbons (Fsp3) is 0.500. The second kappa shape index (κ2) is 4.98. The molecule has 0 aromatic heterocycles. The lowest BCUT2D eigenvalue weighted by molar-refractivity contribution is -0.121. The number of benzene rings is 1. The van der Waals surface area contributed by atoms with E-state index >= 15 is 0 Å². The van der Waals surface area contributed by atoms with Crippen molar-refractivity contribution in [2.24, 2.45) is 0 Å². The second-order valence-electron chi connectivity index (χ2n) is 5.07. The molecular formula is C14H20N2O2. The number of hydrogen-bond donors (Lipinski definition) is 2. The molecule has 0 bridgehead atoms. The quantitative estimate of drug-likeness (QED) is 0.818. The average molecular weight is 248 g/mol. The molecule has 1 amide bonds. The highest BCUT2D eigenvalue weighted by Crippen LogP contribution is 2.27. The molecule has 18 heavy (non-hydrogen) atoms. The van der Waals surface area contributed by atoms with Crippen molar-refractivity contribution in [2.75, 3.05) is 24.6 Å². The van der Waals surface area contributed by atoms with Gasteiger partial charge in [-0.1, -0.05) is 17.7 Å². The van der Waals surface area contributed by atoms with Crippen LogP contribution in [-0.4, -0.2) is 36.8 Å². The molecule has 1 fully saturated rings. The molecule has 2 rings (SSSR count). The maximum Gasteiger partial charge on any atom is 0.239 e. The Morgan fingerprint density at radius 1 is 1.33 bits per heavy atom. The maximum absolute atomic E-state index is 11.6. The van der Waals surface area contributed by atoms with E-state index in [9.17, 15) is 9.90 Å². The van der Waals surface area contributed by atoms with Crippen molar-refractivity contribution >= 4 is 11.6 Å². The van der Waals surface area contributed by atoms with Gasteiger partial charge in [-0.25, -0.2) is 0 Å². The number of aliphatic hydroxyl groups is 1. The monoisotopic (exact) mass is 248 g/mol. The Kier molecular flexibility index (Phi) is 3.57. The van der Waals surface area contributed by atoms with Crippen molar-refractivity contribution < 1.29 is 9.90 Å². The molecule has 1 heterocycles. The number of nitrogens with one attached hydrogen (secondary N) is 1. The maximum atomic E-state index is 11.6. The van der Waals surface area contributed by atoms with E-state index in [-0.39, 0.29) is 18.6 Å². The Balaban J connectivity index is 2.33. The van der Waals surface area contributed by atoms with Gasteiger partial charge in [0.25, 0.3) is 0 Å². The number of carbonyl (C=O) groups excluding carboxylic acids is 1. The fourth-order valence-corrected chi connectivity index (χ4v) is 2.77. The largest absolute Gasteiger partial charge is 0.394 e. The molecule has 98 valence electrons. The summed E-state index contributed by atoms with van der Waals surface area (Å²) in [5.41, 5.74) is 4.71. The van der Waals surface area contributed by atoms with Gasteiger partial charge in [0, 0.05) is 12.2 Å². The highest BCUT2D eigenvalue weighted by molar-refractivity contribution is 5.84. The van der Waals surface area contributed by atoms with Gasteiger partial charge in [0.1, 0.15) is 0 Å². The number of nitrogens with zero attached hydrogens (tertiary/aromatic N) is 1. The van der Waals surface area contributed by atoms with Crippen molar-refractivity contribution in [1.29, 1.82) is 0 Å². The molecule has 1 aliphatic heterocycles. The van der Waals surface area contributed by atoms with Crippen LogP contribution in [0.15, 0.2) is 12.1 Å². The summed E-state index contributed by atoms with van der Waals surface area (Å²) in [5, 5.41) is 12.0. The molecule has 0 spiro atoms. The van der Waals surface area contributed by atoms with Gasteiger partial charge in [-0.15, -0.1) is 0 Å². The zero-order valence-electron chi connectivity index (χ0n) is 11.2. The van der Waals surface area contributed by atoms with Crippen molar-refractivity contribution in [3.63, 3.8) is 0 Å². The summed E-state index contributed by atoms with van der Waals surface area (Å²) < 4.78 is 0. The molecule has 1 aromatic carbocycles. The smallest absolute Gasteiger partial charge is 0.239 e. The molecule has 4 heteroatoms. The molecule has 0 saturated carbocycles. The average Bonchev–Trinajstić information content (AvgIpc) is 2.26. The highest BCUT2D eigenvalue weighted by atomic mass is 16.3. The first-order chi connectivity index (χ1) is 8.51. The molecule has 1 atom stereocenters. The van der Waals surface area contributed by atoms with E-state index in [1.54, 1.807) is 0 Å². The predicted molar refractivity (Wildman–Crippen MR) is 71.9 cm³/mol. The van der Waals surface area contributed by atoms with Crippen molar-refractivity contribution in [3.8, 4) is 0 Å². The van der Waals surface area contributed by atoms with Crippen molar-refractivity contribution in [2.45, 2.75) is 26.8 Å². The summed E-state index contributed by atoms with van der Waals surface area (Å²) in [6.45, 7) is 7.20. The van der Waals surface area contributed by atoms with Gasteiger partial charge in [-0.05, 0) is 31.9 Å². The first kappa shape index (κ1) is 12.9. The SMILES string of the molecule is Cc1cc(C)c(N2CC(=O)NC(CO)C2)c(C)c1. The van der Waals surface area contributed by atoms with E-state index in [4.69, 9.17) is 0 Å². The molecular weight excluding hydrogens is 228 g/mol. The Morgan fingerprint density at radius 3 is 2.50 bits per heavy atom. The third-order valence-electron chi connectivity index (χ3n) is 3.31. The molecule has 4 nitrogen and oxygen atoms in total. The van der Waals surface area contributed by atoms with E-state index in [0.717, 1.165) is 5.69 Å². The van der Waals surface area contributed by atoms with Crippen molar-refractivity contribution in [1.82, 2.24) is 5.32 Å². The number of aliphatic hydroxyl groups excluding tert-OH is 1.